The topological polar surface area (TPSA) is 70.1 Å². The Bertz CT molecular complexity index is 627. The Morgan fingerprint density at radius 2 is 2.00 bits per heavy atom. The number of anilines is 1. The Hall–Kier alpha value is -1.76. The standard InChI is InChI=1S/C17H23BrN2O4/c1-4-20(13-5-7-19(8-6-13)17(22)23)15-10-12(18)9-14(11(15)2)16(21)24-3/h9-10,13H,4-8H2,1-3H3,(H,22,23). The van der Waals surface area contributed by atoms with Gasteiger partial charge in [-0.1, -0.05) is 15.9 Å². The van der Waals surface area contributed by atoms with Crippen molar-refractivity contribution in [1.82, 2.24) is 4.90 Å². The molecule has 1 saturated heterocycles. The van der Waals surface area contributed by atoms with E-state index in [4.69, 9.17) is 9.84 Å². The molecular weight excluding hydrogens is 376 g/mol. The lowest BCUT2D eigenvalue weighted by atomic mass is 9.99. The second-order valence-corrected chi connectivity index (χ2v) is 6.79. The van der Waals surface area contributed by atoms with Gasteiger partial charge in [0, 0.05) is 35.8 Å². The number of benzene rings is 1. The molecule has 1 aliphatic rings. The van der Waals surface area contributed by atoms with Gasteiger partial charge in [-0.3, -0.25) is 0 Å². The highest BCUT2D eigenvalue weighted by Gasteiger charge is 2.28. The minimum Gasteiger partial charge on any atom is -0.465 e. The number of halogens is 1. The van der Waals surface area contributed by atoms with Crippen LogP contribution >= 0.6 is 15.9 Å². The molecule has 7 heteroatoms. The second kappa shape index (κ2) is 7.88. The third kappa shape index (κ3) is 3.83. The largest absolute Gasteiger partial charge is 0.465 e. The zero-order valence-electron chi connectivity index (χ0n) is 14.2. The highest BCUT2D eigenvalue weighted by atomic mass is 79.9. The number of carbonyl (C=O) groups is 2. The number of hydrogen-bond acceptors (Lipinski definition) is 4. The van der Waals surface area contributed by atoms with E-state index in [0.29, 0.717) is 18.7 Å². The lowest BCUT2D eigenvalue weighted by Gasteiger charge is -2.39. The van der Waals surface area contributed by atoms with Crippen LogP contribution in [-0.4, -0.2) is 54.9 Å². The summed E-state index contributed by atoms with van der Waals surface area (Å²) in [7, 11) is 1.38. The predicted molar refractivity (Wildman–Crippen MR) is 95.9 cm³/mol. The van der Waals surface area contributed by atoms with Crippen LogP contribution in [0.15, 0.2) is 16.6 Å². The average molecular weight is 399 g/mol. The number of carbonyl (C=O) groups excluding carboxylic acids is 1. The maximum atomic E-state index is 12.0. The van der Waals surface area contributed by atoms with Crippen LogP contribution in [0.1, 0.15) is 35.7 Å². The summed E-state index contributed by atoms with van der Waals surface area (Å²) in [6.07, 6.45) is 0.697. The van der Waals surface area contributed by atoms with E-state index >= 15 is 0 Å². The van der Waals surface area contributed by atoms with Crippen molar-refractivity contribution >= 4 is 33.7 Å². The van der Waals surface area contributed by atoms with Gasteiger partial charge in [0.2, 0.25) is 0 Å². The summed E-state index contributed by atoms with van der Waals surface area (Å²) in [5, 5.41) is 9.10. The molecule has 0 atom stereocenters. The highest BCUT2D eigenvalue weighted by molar-refractivity contribution is 9.10. The molecule has 1 aliphatic heterocycles. The van der Waals surface area contributed by atoms with Crippen LogP contribution in [0.4, 0.5) is 10.5 Å². The van der Waals surface area contributed by atoms with Crippen LogP contribution in [0.2, 0.25) is 0 Å². The summed E-state index contributed by atoms with van der Waals surface area (Å²) in [5.41, 5.74) is 2.41. The lowest BCUT2D eigenvalue weighted by Crippen LogP contribution is -2.46. The van der Waals surface area contributed by atoms with Crippen molar-refractivity contribution < 1.29 is 19.4 Å². The summed E-state index contributed by atoms with van der Waals surface area (Å²) in [6.45, 7) is 5.85. The fraction of sp³-hybridized carbons (Fsp3) is 0.529. The number of nitrogens with zero attached hydrogens (tertiary/aromatic N) is 2. The Kier molecular flexibility index (Phi) is 6.10. The van der Waals surface area contributed by atoms with Crippen LogP contribution in [0.5, 0.6) is 0 Å². The molecule has 1 heterocycles. The molecule has 0 spiro atoms. The number of likely N-dealkylation sites (tertiary alicyclic amines) is 1. The molecule has 1 amide bonds. The van der Waals surface area contributed by atoms with Gasteiger partial charge in [-0.25, -0.2) is 9.59 Å². The van der Waals surface area contributed by atoms with Crippen LogP contribution in [-0.2, 0) is 4.74 Å². The molecule has 1 N–H and O–H groups in total. The third-order valence-corrected chi connectivity index (χ3v) is 5.03. The smallest absolute Gasteiger partial charge is 0.407 e. The van der Waals surface area contributed by atoms with Crippen molar-refractivity contribution in [2.24, 2.45) is 0 Å². The number of amides is 1. The van der Waals surface area contributed by atoms with E-state index in [9.17, 15) is 9.59 Å². The van der Waals surface area contributed by atoms with Crippen LogP contribution in [0.25, 0.3) is 0 Å². The fourth-order valence-corrected chi connectivity index (χ4v) is 3.72. The van der Waals surface area contributed by atoms with Gasteiger partial charge in [0.15, 0.2) is 0 Å². The molecule has 132 valence electrons. The summed E-state index contributed by atoms with van der Waals surface area (Å²) in [6, 6.07) is 4.03. The molecule has 0 aromatic heterocycles. The predicted octanol–water partition coefficient (Wildman–Crippen LogP) is 3.51. The molecule has 2 rings (SSSR count). The first-order valence-electron chi connectivity index (χ1n) is 8.02. The molecule has 1 aromatic carbocycles. The van der Waals surface area contributed by atoms with E-state index in [0.717, 1.165) is 35.1 Å². The number of esters is 1. The van der Waals surface area contributed by atoms with Crippen molar-refractivity contribution in [3.05, 3.63) is 27.7 Å². The molecule has 0 bridgehead atoms. The summed E-state index contributed by atoms with van der Waals surface area (Å²) < 4.78 is 5.70. The minimum atomic E-state index is -0.858. The summed E-state index contributed by atoms with van der Waals surface area (Å²) in [4.78, 5) is 26.8. The zero-order chi connectivity index (χ0) is 17.9. The first-order valence-corrected chi connectivity index (χ1v) is 8.81. The molecular formula is C17H23BrN2O4. The molecule has 0 radical (unpaired) electrons. The van der Waals surface area contributed by atoms with E-state index < -0.39 is 6.09 Å². The summed E-state index contributed by atoms with van der Waals surface area (Å²) >= 11 is 3.47. The molecule has 24 heavy (non-hydrogen) atoms. The van der Waals surface area contributed by atoms with Gasteiger partial charge >= 0.3 is 12.1 Å². The Labute approximate surface area is 150 Å². The lowest BCUT2D eigenvalue weighted by molar-refractivity contribution is 0.0599. The van der Waals surface area contributed by atoms with E-state index in [1.54, 1.807) is 6.07 Å². The molecule has 1 aromatic rings. The molecule has 1 fully saturated rings. The first-order chi connectivity index (χ1) is 11.4. The van der Waals surface area contributed by atoms with Crippen molar-refractivity contribution in [3.8, 4) is 0 Å². The second-order valence-electron chi connectivity index (χ2n) is 5.88. The number of rotatable bonds is 4. The average Bonchev–Trinajstić information content (AvgIpc) is 2.58. The summed E-state index contributed by atoms with van der Waals surface area (Å²) in [5.74, 6) is -0.355. The molecule has 6 nitrogen and oxygen atoms in total. The van der Waals surface area contributed by atoms with Crippen LogP contribution in [0.3, 0.4) is 0 Å². The van der Waals surface area contributed by atoms with E-state index in [-0.39, 0.29) is 12.0 Å². The van der Waals surface area contributed by atoms with E-state index in [2.05, 4.69) is 27.8 Å². The van der Waals surface area contributed by atoms with Crippen molar-refractivity contribution in [3.63, 3.8) is 0 Å². The normalized spacial score (nSPS) is 15.2. The van der Waals surface area contributed by atoms with Gasteiger partial charge in [-0.05, 0) is 44.4 Å². The molecule has 0 saturated carbocycles. The number of piperidine rings is 1. The van der Waals surface area contributed by atoms with Gasteiger partial charge in [-0.2, -0.15) is 0 Å². The maximum absolute atomic E-state index is 12.0. The SMILES string of the molecule is CCN(c1cc(Br)cc(C(=O)OC)c1C)C1CCN(C(=O)O)CC1. The first kappa shape index (κ1) is 18.6. The van der Waals surface area contributed by atoms with E-state index in [1.165, 1.54) is 12.0 Å². The Morgan fingerprint density at radius 1 is 1.38 bits per heavy atom. The highest BCUT2D eigenvalue weighted by Crippen LogP contribution is 2.32. The monoisotopic (exact) mass is 398 g/mol. The van der Waals surface area contributed by atoms with E-state index in [1.807, 2.05) is 13.0 Å². The van der Waals surface area contributed by atoms with Crippen molar-refractivity contribution in [2.75, 3.05) is 31.6 Å². The van der Waals surface area contributed by atoms with Gasteiger partial charge in [0.1, 0.15) is 0 Å². The zero-order valence-corrected chi connectivity index (χ0v) is 15.8. The van der Waals surface area contributed by atoms with Crippen LogP contribution < -0.4 is 4.90 Å². The number of ether oxygens (including phenoxy) is 1. The number of hydrogen-bond donors (Lipinski definition) is 1. The van der Waals surface area contributed by atoms with Gasteiger partial charge < -0.3 is 19.6 Å². The Morgan fingerprint density at radius 3 is 2.50 bits per heavy atom. The minimum absolute atomic E-state index is 0.254. The van der Waals surface area contributed by atoms with Crippen molar-refractivity contribution in [1.29, 1.82) is 0 Å². The van der Waals surface area contributed by atoms with Gasteiger partial charge in [0.25, 0.3) is 0 Å². The fourth-order valence-electron chi connectivity index (χ4n) is 3.28. The third-order valence-electron chi connectivity index (χ3n) is 4.58. The Balaban J connectivity index is 2.30. The molecule has 0 aliphatic carbocycles. The van der Waals surface area contributed by atoms with Crippen LogP contribution in [0, 0.1) is 6.92 Å². The van der Waals surface area contributed by atoms with Gasteiger partial charge in [0.05, 0.1) is 12.7 Å². The molecule has 0 unspecified atom stereocenters. The quantitative estimate of drug-likeness (QED) is 0.785. The maximum Gasteiger partial charge on any atom is 0.407 e. The number of carboxylic acid groups (broad SMARTS) is 1. The van der Waals surface area contributed by atoms with Crippen molar-refractivity contribution in [2.45, 2.75) is 32.7 Å². The van der Waals surface area contributed by atoms with Gasteiger partial charge in [-0.15, -0.1) is 0 Å². The number of methoxy groups -OCH3 is 1.